The Bertz CT molecular complexity index is 399. The molecule has 0 saturated carbocycles. The van der Waals surface area contributed by atoms with Crippen LogP contribution in [0.3, 0.4) is 0 Å². The fourth-order valence-electron chi connectivity index (χ4n) is 1.82. The minimum Gasteiger partial charge on any atom is -0.394 e. The average Bonchev–Trinajstić information content (AvgIpc) is 2.88. The quantitative estimate of drug-likeness (QED) is 0.558. The lowest BCUT2D eigenvalue weighted by atomic mass is 10.2. The van der Waals surface area contributed by atoms with E-state index in [1.807, 2.05) is 0 Å². The second-order valence-electron chi connectivity index (χ2n) is 4.31. The maximum Gasteiger partial charge on any atom is 0.472 e. The summed E-state index contributed by atoms with van der Waals surface area (Å²) >= 11 is 0. The molecule has 0 spiro atoms. The van der Waals surface area contributed by atoms with Crippen molar-refractivity contribution in [1.29, 1.82) is 0 Å². The molecular weight excluding hydrogens is 279 g/mol. The summed E-state index contributed by atoms with van der Waals surface area (Å²) in [5.41, 5.74) is 0. The Morgan fingerprint density at radius 3 is 2.63 bits per heavy atom. The van der Waals surface area contributed by atoms with Crippen molar-refractivity contribution >= 4 is 7.82 Å². The van der Waals surface area contributed by atoms with E-state index in [1.54, 1.807) is 0 Å². The SMILES string of the molecule is [3H][C@H]1CC(O)[C@@H](COP(=O)(O)OC2C[C@H]([3H])O[C@@H]2CO)O1. The van der Waals surface area contributed by atoms with E-state index in [0.717, 1.165) is 0 Å². The topological polar surface area (TPSA) is 115 Å². The second-order valence-corrected chi connectivity index (χ2v) is 5.72. The van der Waals surface area contributed by atoms with Crippen molar-refractivity contribution < 1.29 is 40.9 Å². The third-order valence-electron chi connectivity index (χ3n) is 2.90. The molecule has 7 atom stereocenters. The average molecular weight is 302 g/mol. The number of rotatable bonds is 6. The van der Waals surface area contributed by atoms with Gasteiger partial charge in [-0.1, -0.05) is 0 Å². The molecule has 8 nitrogen and oxygen atoms in total. The van der Waals surface area contributed by atoms with Crippen molar-refractivity contribution in [2.75, 3.05) is 26.4 Å². The van der Waals surface area contributed by atoms with E-state index in [2.05, 4.69) is 0 Å². The predicted octanol–water partition coefficient (Wildman–Crippen LogP) is -0.580. The van der Waals surface area contributed by atoms with Crippen LogP contribution in [0.4, 0.5) is 0 Å². The summed E-state index contributed by atoms with van der Waals surface area (Å²) in [6.45, 7) is -2.66. The van der Waals surface area contributed by atoms with Crippen molar-refractivity contribution in [3.8, 4) is 0 Å². The number of phosphoric acid groups is 1. The molecular formula is C10H19O8P. The van der Waals surface area contributed by atoms with Crippen molar-refractivity contribution in [3.63, 3.8) is 0 Å². The zero-order valence-electron chi connectivity index (χ0n) is 12.1. The second kappa shape index (κ2) is 6.60. The third kappa shape index (κ3) is 4.21. The Kier molecular flexibility index (Phi) is 4.40. The molecule has 0 aliphatic carbocycles. The van der Waals surface area contributed by atoms with Gasteiger partial charge in [-0.05, 0) is 6.42 Å². The van der Waals surface area contributed by atoms with Gasteiger partial charge in [0.05, 0.1) is 22.1 Å². The van der Waals surface area contributed by atoms with E-state index in [-0.39, 0.29) is 12.8 Å². The summed E-state index contributed by atoms with van der Waals surface area (Å²) in [7, 11) is -4.44. The maximum absolute atomic E-state index is 11.8. The molecule has 0 aromatic heterocycles. The molecule has 3 unspecified atom stereocenters. The molecule has 0 radical (unpaired) electrons. The lowest BCUT2D eigenvalue weighted by Gasteiger charge is -2.21. The van der Waals surface area contributed by atoms with Crippen LogP contribution in [0.15, 0.2) is 0 Å². The largest absolute Gasteiger partial charge is 0.472 e. The van der Waals surface area contributed by atoms with Crippen LogP contribution in [0.25, 0.3) is 0 Å². The van der Waals surface area contributed by atoms with Crippen molar-refractivity contribution in [2.45, 2.75) is 37.3 Å². The maximum atomic E-state index is 11.8. The molecule has 2 fully saturated rings. The summed E-state index contributed by atoms with van der Waals surface area (Å²) in [6, 6.07) is 0. The Balaban J connectivity index is 1.83. The first-order valence-corrected chi connectivity index (χ1v) is 7.40. The molecule has 2 saturated heterocycles. The van der Waals surface area contributed by atoms with Gasteiger partial charge >= 0.3 is 7.82 Å². The van der Waals surface area contributed by atoms with E-state index in [0.29, 0.717) is 0 Å². The molecule has 2 aliphatic heterocycles. The highest BCUT2D eigenvalue weighted by atomic mass is 31.2. The van der Waals surface area contributed by atoms with E-state index in [4.69, 9.17) is 26.4 Å². The van der Waals surface area contributed by atoms with Crippen LogP contribution in [0, 0.1) is 0 Å². The number of aliphatic hydroxyl groups excluding tert-OH is 2. The first-order valence-electron chi connectivity index (χ1n) is 7.06. The molecule has 0 aromatic rings. The van der Waals surface area contributed by atoms with Crippen LogP contribution in [0.1, 0.15) is 15.6 Å². The fourth-order valence-corrected chi connectivity index (χ4v) is 2.78. The van der Waals surface area contributed by atoms with E-state index in [1.165, 1.54) is 0 Å². The van der Waals surface area contributed by atoms with Crippen LogP contribution in [0.2, 0.25) is 0 Å². The van der Waals surface area contributed by atoms with Gasteiger partial charge in [0.1, 0.15) is 18.3 Å². The van der Waals surface area contributed by atoms with Gasteiger partial charge in [-0.15, -0.1) is 0 Å². The Hall–Kier alpha value is -0.0500. The van der Waals surface area contributed by atoms with Gasteiger partial charge in [0.25, 0.3) is 0 Å². The highest BCUT2D eigenvalue weighted by Crippen LogP contribution is 2.47. The highest BCUT2D eigenvalue weighted by Gasteiger charge is 2.37. The number of ether oxygens (including phenoxy) is 2. The summed E-state index contributed by atoms with van der Waals surface area (Å²) in [5, 5.41) is 18.6. The fraction of sp³-hybridized carbons (Fsp3) is 1.00. The normalized spacial score (nSPS) is 47.7. The summed E-state index contributed by atoms with van der Waals surface area (Å²) in [4.78, 5) is 9.62. The first kappa shape index (κ1) is 12.7. The number of hydrogen-bond donors (Lipinski definition) is 3. The number of aliphatic hydroxyl groups is 2. The molecule has 112 valence electrons. The highest BCUT2D eigenvalue weighted by molar-refractivity contribution is 7.47. The molecule has 0 aromatic carbocycles. The minimum atomic E-state index is -4.44. The van der Waals surface area contributed by atoms with Gasteiger partial charge in [0.15, 0.2) is 0 Å². The van der Waals surface area contributed by atoms with Crippen LogP contribution in [-0.2, 0) is 23.1 Å². The van der Waals surface area contributed by atoms with E-state index in [9.17, 15) is 14.6 Å². The summed E-state index contributed by atoms with van der Waals surface area (Å²) < 4.78 is 46.2. The zero-order chi connectivity index (χ0) is 15.6. The summed E-state index contributed by atoms with van der Waals surface area (Å²) in [5.74, 6) is 0. The lowest BCUT2D eigenvalue weighted by molar-refractivity contribution is -0.0190. The predicted molar refractivity (Wildman–Crippen MR) is 62.5 cm³/mol. The molecule has 2 aliphatic rings. The Morgan fingerprint density at radius 2 is 2.00 bits per heavy atom. The number of hydrogen-bond acceptors (Lipinski definition) is 7. The Labute approximate surface area is 113 Å². The minimum absolute atomic E-state index is 0.0382. The Morgan fingerprint density at radius 1 is 1.32 bits per heavy atom. The zero-order valence-corrected chi connectivity index (χ0v) is 11.0. The molecule has 2 rings (SSSR count). The monoisotopic (exact) mass is 302 g/mol. The van der Waals surface area contributed by atoms with Gasteiger partial charge in [0.2, 0.25) is 0 Å². The van der Waals surface area contributed by atoms with Crippen molar-refractivity contribution in [2.24, 2.45) is 0 Å². The van der Waals surface area contributed by atoms with Gasteiger partial charge in [-0.25, -0.2) is 4.57 Å². The van der Waals surface area contributed by atoms with E-state index < -0.39 is 58.6 Å². The smallest absolute Gasteiger partial charge is 0.394 e. The van der Waals surface area contributed by atoms with Crippen LogP contribution < -0.4 is 0 Å². The molecule has 2 heterocycles. The molecule has 9 heteroatoms. The molecule has 3 N–H and O–H groups in total. The van der Waals surface area contributed by atoms with Gasteiger partial charge in [-0.2, -0.15) is 0 Å². The molecule has 0 amide bonds. The summed E-state index contributed by atoms with van der Waals surface area (Å²) in [6.07, 6.45) is -3.45. The van der Waals surface area contributed by atoms with Crippen LogP contribution in [0.5, 0.6) is 0 Å². The van der Waals surface area contributed by atoms with Gasteiger partial charge in [-0.3, -0.25) is 9.05 Å². The van der Waals surface area contributed by atoms with Gasteiger partial charge in [0, 0.05) is 19.6 Å². The van der Waals surface area contributed by atoms with Gasteiger partial charge < -0.3 is 24.6 Å². The van der Waals surface area contributed by atoms with Crippen LogP contribution >= 0.6 is 7.82 Å². The lowest BCUT2D eigenvalue weighted by Crippen LogP contribution is -2.29. The standard InChI is InChI=1S/C10H19O8P/c11-5-9-8(2-4-15-9)18-19(13,14)17-6-10-7(12)1-3-16-10/h7-12H,1-6H2,(H,13,14)/t7?,8?,9-,10-/m1/s1/i3T,4T/t3-,4-,7?,8?,9+,10+/m0. The third-order valence-corrected chi connectivity index (χ3v) is 3.92. The molecule has 19 heavy (non-hydrogen) atoms. The van der Waals surface area contributed by atoms with Crippen molar-refractivity contribution in [3.05, 3.63) is 0 Å². The number of phosphoric ester groups is 1. The van der Waals surface area contributed by atoms with Crippen molar-refractivity contribution in [1.82, 2.24) is 0 Å². The first-order chi connectivity index (χ1) is 9.80. The van der Waals surface area contributed by atoms with E-state index >= 15 is 0 Å². The van der Waals surface area contributed by atoms with Crippen LogP contribution in [-0.4, -0.2) is 65.9 Å². The molecule has 0 bridgehead atoms.